The first-order valence-corrected chi connectivity index (χ1v) is 16.6. The fourth-order valence-electron chi connectivity index (χ4n) is 5.07. The minimum absolute atomic E-state index is 0.221. The van der Waals surface area contributed by atoms with E-state index in [1.165, 1.54) is 6.92 Å². The van der Waals surface area contributed by atoms with Crippen molar-refractivity contribution in [1.29, 1.82) is 0 Å². The van der Waals surface area contributed by atoms with Crippen molar-refractivity contribution in [2.24, 2.45) is 5.92 Å². The lowest BCUT2D eigenvalue weighted by molar-refractivity contribution is -0.678. The maximum atomic E-state index is 11.8. The third-order valence-electron chi connectivity index (χ3n) is 7.75. The first kappa shape index (κ1) is 30.9. The van der Waals surface area contributed by atoms with E-state index < -0.39 is 15.4 Å². The van der Waals surface area contributed by atoms with Crippen LogP contribution in [-0.4, -0.2) is 24.8 Å². The lowest BCUT2D eigenvalue weighted by Gasteiger charge is -2.20. The molecule has 0 aliphatic carbocycles. The summed E-state index contributed by atoms with van der Waals surface area (Å²) < 4.78 is 47.9. The summed E-state index contributed by atoms with van der Waals surface area (Å²) >= 11 is 6.34. The molecular weight excluding hydrogens is 584 g/mol. The molecule has 5 rings (SSSR count). The zero-order valence-corrected chi connectivity index (χ0v) is 26.5. The van der Waals surface area contributed by atoms with Gasteiger partial charge in [0.05, 0.1) is 17.0 Å². The number of aryl methyl sites for hydroxylation is 1. The molecule has 1 atom stereocenters. The lowest BCUT2D eigenvalue weighted by atomic mass is 10.1. The normalized spacial score (nSPS) is 15.4. The van der Waals surface area contributed by atoms with E-state index in [0.717, 1.165) is 52.5 Å². The highest BCUT2D eigenvalue weighted by molar-refractivity contribution is 7.86. The highest BCUT2D eigenvalue weighted by Gasteiger charge is 2.28. The first-order chi connectivity index (χ1) is 20.5. The zero-order chi connectivity index (χ0) is 30.7. The van der Waals surface area contributed by atoms with E-state index >= 15 is 0 Å². The minimum atomic E-state index is -4.16. The van der Waals surface area contributed by atoms with E-state index in [9.17, 15) is 13.0 Å². The molecule has 9 heteroatoms. The summed E-state index contributed by atoms with van der Waals surface area (Å²) in [6.45, 7) is 9.10. The molecule has 0 bridgehead atoms. The number of allylic oxidation sites excluding steroid dienone is 2. The van der Waals surface area contributed by atoms with Crippen molar-refractivity contribution in [3.63, 3.8) is 0 Å². The van der Waals surface area contributed by atoms with Crippen molar-refractivity contribution >= 4 is 44.6 Å². The summed E-state index contributed by atoms with van der Waals surface area (Å²) in [5.74, 6) is 2.59. The van der Waals surface area contributed by atoms with Gasteiger partial charge in [0, 0.05) is 30.1 Å². The average Bonchev–Trinajstić information content (AvgIpc) is 3.49. The van der Waals surface area contributed by atoms with Crippen LogP contribution in [0.25, 0.3) is 28.3 Å². The van der Waals surface area contributed by atoms with E-state index in [0.29, 0.717) is 35.4 Å². The van der Waals surface area contributed by atoms with Crippen LogP contribution in [0.2, 0.25) is 5.02 Å². The Balaban J connectivity index is 1.57. The zero-order valence-electron chi connectivity index (χ0n) is 25.0. The van der Waals surface area contributed by atoms with E-state index in [1.807, 2.05) is 77.4 Å². The van der Waals surface area contributed by atoms with Gasteiger partial charge in [-0.3, -0.25) is 4.55 Å². The van der Waals surface area contributed by atoms with Crippen molar-refractivity contribution in [2.75, 3.05) is 11.4 Å². The second-order valence-electron chi connectivity index (χ2n) is 11.4. The largest absolute Gasteiger partial charge is 0.439 e. The van der Waals surface area contributed by atoms with Gasteiger partial charge in [0.25, 0.3) is 15.6 Å². The SMILES string of the molecule is CCC(=C/c1oc2ccc(-c3ccccc3)cc2[n+]1CCC(C)S(=O)(=O)O)/C=C1/Oc2ccc(Cl)cc2N1CCC(C)C. The molecule has 1 unspecified atom stereocenters. The van der Waals surface area contributed by atoms with Crippen LogP contribution in [0.1, 0.15) is 52.8 Å². The third kappa shape index (κ3) is 7.15. The second-order valence-corrected chi connectivity index (χ2v) is 13.6. The number of oxazole rings is 1. The molecule has 1 aliphatic heterocycles. The highest BCUT2D eigenvalue weighted by Crippen LogP contribution is 2.41. The molecule has 0 saturated heterocycles. The number of halogens is 1. The third-order valence-corrected chi connectivity index (χ3v) is 9.24. The standard InChI is InChI=1S/C34H37ClN2O5S/c1-5-25(19-33-36(17-15-23(2)3)30-22-28(35)12-14-32(30)42-33)20-34-37(18-16-24(4)43(38,39)40)29-21-27(11-13-31(29)41-34)26-9-7-6-8-10-26/h6-14,19-24H,5,15-18H2,1-4H3/p+1. The van der Waals surface area contributed by atoms with Gasteiger partial charge in [-0.15, -0.1) is 0 Å². The number of aromatic nitrogens is 1. The first-order valence-electron chi connectivity index (χ1n) is 14.7. The smallest absolute Gasteiger partial charge is 0.374 e. The van der Waals surface area contributed by atoms with Crippen LogP contribution in [0.15, 0.2) is 88.7 Å². The van der Waals surface area contributed by atoms with Crippen molar-refractivity contribution in [3.05, 3.63) is 95.2 Å². The predicted molar refractivity (Wildman–Crippen MR) is 173 cm³/mol. The van der Waals surface area contributed by atoms with Gasteiger partial charge in [-0.25, -0.2) is 0 Å². The number of hydrogen-bond acceptors (Lipinski definition) is 5. The molecule has 1 N–H and O–H groups in total. The molecule has 226 valence electrons. The number of hydrogen-bond donors (Lipinski definition) is 1. The predicted octanol–water partition coefficient (Wildman–Crippen LogP) is 8.29. The molecule has 0 radical (unpaired) electrons. The van der Waals surface area contributed by atoms with Crippen LogP contribution in [0.3, 0.4) is 0 Å². The fourth-order valence-corrected chi connectivity index (χ4v) is 5.64. The molecule has 1 aromatic heterocycles. The van der Waals surface area contributed by atoms with E-state index in [1.54, 1.807) is 0 Å². The van der Waals surface area contributed by atoms with Crippen LogP contribution in [0, 0.1) is 5.92 Å². The van der Waals surface area contributed by atoms with Crippen LogP contribution in [0.4, 0.5) is 5.69 Å². The monoisotopic (exact) mass is 621 g/mol. The Morgan fingerprint density at radius 3 is 2.49 bits per heavy atom. The van der Waals surface area contributed by atoms with Gasteiger partial charge >= 0.3 is 5.89 Å². The van der Waals surface area contributed by atoms with Crippen LogP contribution in [0.5, 0.6) is 5.75 Å². The minimum Gasteiger partial charge on any atom is -0.439 e. The van der Waals surface area contributed by atoms with Crippen LogP contribution < -0.4 is 14.2 Å². The molecule has 7 nitrogen and oxygen atoms in total. The van der Waals surface area contributed by atoms with E-state index in [2.05, 4.69) is 31.7 Å². The van der Waals surface area contributed by atoms with Crippen LogP contribution in [-0.2, 0) is 16.7 Å². The molecular formula is C34H38ClN2O5S+. The Bertz CT molecular complexity index is 1780. The Labute approximate surface area is 258 Å². The Morgan fingerprint density at radius 2 is 1.79 bits per heavy atom. The summed E-state index contributed by atoms with van der Waals surface area (Å²) in [5, 5.41) is -0.264. The molecule has 0 amide bonds. The lowest BCUT2D eigenvalue weighted by Crippen LogP contribution is -2.37. The number of nitrogens with zero attached hydrogens (tertiary/aromatic N) is 2. The molecule has 3 aromatic carbocycles. The van der Waals surface area contributed by atoms with Crippen molar-refractivity contribution in [1.82, 2.24) is 0 Å². The number of rotatable bonds is 11. The summed E-state index contributed by atoms with van der Waals surface area (Å²) in [6, 6.07) is 21.7. The number of fused-ring (bicyclic) bond motifs is 2. The fraction of sp³-hybridized carbons (Fsp3) is 0.324. The summed E-state index contributed by atoms with van der Waals surface area (Å²) in [7, 11) is -4.16. The second kappa shape index (κ2) is 13.0. The van der Waals surface area contributed by atoms with Crippen LogP contribution >= 0.6 is 11.6 Å². The molecule has 0 saturated carbocycles. The van der Waals surface area contributed by atoms with Gasteiger partial charge in [0.2, 0.25) is 11.5 Å². The topological polar surface area (TPSA) is 83.9 Å². The van der Waals surface area contributed by atoms with E-state index in [4.69, 9.17) is 20.8 Å². The Hall–Kier alpha value is -3.59. The molecule has 2 heterocycles. The van der Waals surface area contributed by atoms with Crippen molar-refractivity contribution < 1.29 is 26.7 Å². The number of ether oxygens (including phenoxy) is 1. The molecule has 0 spiro atoms. The van der Waals surface area contributed by atoms with Crippen molar-refractivity contribution in [3.8, 4) is 16.9 Å². The Kier molecular flexibility index (Phi) is 9.30. The van der Waals surface area contributed by atoms with Gasteiger partial charge in [-0.2, -0.15) is 13.0 Å². The van der Waals surface area contributed by atoms with Gasteiger partial charge in [-0.05, 0) is 66.6 Å². The van der Waals surface area contributed by atoms with Gasteiger partial charge in [0.1, 0.15) is 0 Å². The Morgan fingerprint density at radius 1 is 1.02 bits per heavy atom. The van der Waals surface area contributed by atoms with Crippen molar-refractivity contribution in [2.45, 2.75) is 58.8 Å². The van der Waals surface area contributed by atoms with E-state index in [-0.39, 0.29) is 6.42 Å². The molecule has 0 fully saturated rings. The number of anilines is 1. The molecule has 43 heavy (non-hydrogen) atoms. The maximum Gasteiger partial charge on any atom is 0.374 e. The quantitative estimate of drug-likeness (QED) is 0.134. The average molecular weight is 622 g/mol. The summed E-state index contributed by atoms with van der Waals surface area (Å²) in [4.78, 5) is 2.16. The summed E-state index contributed by atoms with van der Waals surface area (Å²) in [6.07, 6.45) is 5.92. The maximum absolute atomic E-state index is 11.8. The molecule has 1 aliphatic rings. The summed E-state index contributed by atoms with van der Waals surface area (Å²) in [5.41, 5.74) is 5.54. The number of benzene rings is 3. The molecule has 4 aromatic rings. The van der Waals surface area contributed by atoms with Gasteiger partial charge in [0.15, 0.2) is 12.3 Å². The van der Waals surface area contributed by atoms with Gasteiger partial charge in [-0.1, -0.05) is 68.8 Å². The highest BCUT2D eigenvalue weighted by atomic mass is 35.5. The van der Waals surface area contributed by atoms with Gasteiger partial charge < -0.3 is 14.1 Å².